The van der Waals surface area contributed by atoms with E-state index in [9.17, 15) is 0 Å². The summed E-state index contributed by atoms with van der Waals surface area (Å²) in [6.07, 6.45) is 3.51. The number of rotatable bonds is 6. The van der Waals surface area contributed by atoms with Crippen molar-refractivity contribution >= 4 is 23.4 Å². The molecular weight excluding hydrogens is 310 g/mol. The molecule has 3 aromatic heterocycles. The normalized spacial score (nSPS) is 11.4. The molecule has 0 bridgehead atoms. The third-order valence-corrected chi connectivity index (χ3v) is 3.79. The van der Waals surface area contributed by atoms with Gasteiger partial charge in [-0.05, 0) is 31.2 Å². The number of aromatic nitrogens is 5. The summed E-state index contributed by atoms with van der Waals surface area (Å²) in [5, 5.41) is 11.8. The lowest BCUT2D eigenvalue weighted by Gasteiger charge is -1.99. The van der Waals surface area contributed by atoms with Crippen LogP contribution in [-0.2, 0) is 5.75 Å². The molecular formula is C15H15N7S. The van der Waals surface area contributed by atoms with E-state index in [-0.39, 0.29) is 0 Å². The average Bonchev–Trinajstić information content (AvgIpc) is 3.07. The minimum absolute atomic E-state index is 0.490. The number of aromatic amines is 1. The molecule has 3 rings (SSSR count). The van der Waals surface area contributed by atoms with Crippen molar-refractivity contribution in [3.05, 3.63) is 60.2 Å². The predicted octanol–water partition coefficient (Wildman–Crippen LogP) is 2.72. The smallest absolute Gasteiger partial charge is 0.240 e. The number of pyridine rings is 2. The van der Waals surface area contributed by atoms with Crippen LogP contribution in [0.15, 0.2) is 59.0 Å². The van der Waals surface area contributed by atoms with Crippen LogP contribution >= 0.6 is 11.8 Å². The Morgan fingerprint density at radius 2 is 2.00 bits per heavy atom. The molecule has 7 nitrogen and oxygen atoms in total. The monoisotopic (exact) mass is 325 g/mol. The second kappa shape index (κ2) is 7.50. The molecule has 0 aromatic carbocycles. The molecule has 0 aliphatic carbocycles. The highest BCUT2D eigenvalue weighted by Crippen LogP contribution is 2.18. The van der Waals surface area contributed by atoms with E-state index in [2.05, 4.69) is 35.7 Å². The zero-order valence-electron chi connectivity index (χ0n) is 12.5. The van der Waals surface area contributed by atoms with Gasteiger partial charge in [0.2, 0.25) is 11.1 Å². The van der Waals surface area contributed by atoms with Crippen LogP contribution in [0.5, 0.6) is 0 Å². The van der Waals surface area contributed by atoms with Crippen molar-refractivity contribution in [2.24, 2.45) is 5.10 Å². The fourth-order valence-electron chi connectivity index (χ4n) is 1.75. The van der Waals surface area contributed by atoms with Gasteiger partial charge in [0.1, 0.15) is 0 Å². The Balaban J connectivity index is 1.57. The lowest BCUT2D eigenvalue weighted by molar-refractivity contribution is 0.971. The number of anilines is 1. The van der Waals surface area contributed by atoms with Gasteiger partial charge in [0, 0.05) is 18.1 Å². The number of hydrogen-bond acceptors (Lipinski definition) is 7. The Hall–Kier alpha value is -2.74. The first-order chi connectivity index (χ1) is 11.3. The number of nitrogens with zero attached hydrogens (tertiary/aromatic N) is 5. The van der Waals surface area contributed by atoms with Crippen LogP contribution in [0.3, 0.4) is 0 Å². The summed E-state index contributed by atoms with van der Waals surface area (Å²) in [4.78, 5) is 12.8. The molecule has 0 saturated carbocycles. The fourth-order valence-corrected chi connectivity index (χ4v) is 2.47. The third-order valence-electron chi connectivity index (χ3n) is 2.91. The second-order valence-corrected chi connectivity index (χ2v) is 5.54. The number of hydrazone groups is 1. The predicted molar refractivity (Wildman–Crippen MR) is 90.3 cm³/mol. The molecule has 0 spiro atoms. The molecule has 23 heavy (non-hydrogen) atoms. The molecule has 2 N–H and O–H groups in total. The Labute approximate surface area is 137 Å². The van der Waals surface area contributed by atoms with E-state index in [4.69, 9.17) is 0 Å². The van der Waals surface area contributed by atoms with Gasteiger partial charge in [-0.25, -0.2) is 10.5 Å². The molecule has 0 radical (unpaired) electrons. The van der Waals surface area contributed by atoms with Gasteiger partial charge in [0.25, 0.3) is 0 Å². The Morgan fingerprint density at radius 1 is 1.17 bits per heavy atom. The molecule has 0 aliphatic heterocycles. The molecule has 116 valence electrons. The maximum atomic E-state index is 4.32. The van der Waals surface area contributed by atoms with Gasteiger partial charge < -0.3 is 0 Å². The molecule has 0 fully saturated rings. The van der Waals surface area contributed by atoms with Gasteiger partial charge in [-0.2, -0.15) is 10.1 Å². The molecule has 8 heteroatoms. The Morgan fingerprint density at radius 3 is 2.74 bits per heavy atom. The van der Waals surface area contributed by atoms with E-state index in [1.807, 2.05) is 43.3 Å². The van der Waals surface area contributed by atoms with Gasteiger partial charge >= 0.3 is 0 Å². The van der Waals surface area contributed by atoms with Crippen molar-refractivity contribution in [1.82, 2.24) is 25.1 Å². The van der Waals surface area contributed by atoms with Crippen LogP contribution in [0.2, 0.25) is 0 Å². The molecule has 0 amide bonds. The minimum Gasteiger partial charge on any atom is -0.260 e. The second-order valence-electron chi connectivity index (χ2n) is 4.60. The fraction of sp³-hybridized carbons (Fsp3) is 0.133. The summed E-state index contributed by atoms with van der Waals surface area (Å²) in [5.41, 5.74) is 5.42. The highest BCUT2D eigenvalue weighted by atomic mass is 32.2. The zero-order chi connectivity index (χ0) is 15.9. The summed E-state index contributed by atoms with van der Waals surface area (Å²) < 4.78 is 0. The summed E-state index contributed by atoms with van der Waals surface area (Å²) in [5.74, 6) is 1.21. The van der Waals surface area contributed by atoms with Crippen molar-refractivity contribution in [3.63, 3.8) is 0 Å². The van der Waals surface area contributed by atoms with Gasteiger partial charge in [-0.3, -0.25) is 9.97 Å². The van der Waals surface area contributed by atoms with Crippen LogP contribution in [-0.4, -0.2) is 30.9 Å². The van der Waals surface area contributed by atoms with E-state index >= 15 is 0 Å². The number of thioether (sulfide) groups is 1. The van der Waals surface area contributed by atoms with Crippen molar-refractivity contribution in [2.75, 3.05) is 5.43 Å². The first-order valence-electron chi connectivity index (χ1n) is 6.98. The maximum Gasteiger partial charge on any atom is 0.240 e. The molecule has 0 unspecified atom stereocenters. The van der Waals surface area contributed by atoms with Crippen molar-refractivity contribution < 1.29 is 0 Å². The third kappa shape index (κ3) is 4.36. The summed E-state index contributed by atoms with van der Waals surface area (Å²) in [7, 11) is 0. The number of nitrogens with one attached hydrogen (secondary N) is 2. The van der Waals surface area contributed by atoms with E-state index in [1.165, 1.54) is 11.8 Å². The lowest BCUT2D eigenvalue weighted by Crippen LogP contribution is -2.02. The van der Waals surface area contributed by atoms with Crippen LogP contribution < -0.4 is 5.43 Å². The van der Waals surface area contributed by atoms with E-state index in [0.29, 0.717) is 16.9 Å². The summed E-state index contributed by atoms with van der Waals surface area (Å²) in [6.45, 7) is 1.88. The minimum atomic E-state index is 0.490. The molecule has 0 aliphatic rings. The van der Waals surface area contributed by atoms with Gasteiger partial charge in [-0.15, -0.1) is 5.10 Å². The van der Waals surface area contributed by atoms with Crippen molar-refractivity contribution in [1.29, 1.82) is 0 Å². The number of H-pyrrole nitrogens is 1. The summed E-state index contributed by atoms with van der Waals surface area (Å²) >= 11 is 1.51. The topological polar surface area (TPSA) is 91.7 Å². The van der Waals surface area contributed by atoms with Crippen molar-refractivity contribution in [3.8, 4) is 0 Å². The highest BCUT2D eigenvalue weighted by molar-refractivity contribution is 7.98. The quantitative estimate of drug-likeness (QED) is 0.411. The molecule has 3 heterocycles. The SMILES string of the molecule is C/C(=N\Nc1nc(SCc2ccccn2)n[nH]1)c1ccccn1. The zero-order valence-corrected chi connectivity index (χ0v) is 13.3. The van der Waals surface area contributed by atoms with Gasteiger partial charge in [0.05, 0.1) is 17.1 Å². The van der Waals surface area contributed by atoms with E-state index < -0.39 is 0 Å². The van der Waals surface area contributed by atoms with Crippen molar-refractivity contribution in [2.45, 2.75) is 17.8 Å². The highest BCUT2D eigenvalue weighted by Gasteiger charge is 2.05. The largest absolute Gasteiger partial charge is 0.260 e. The van der Waals surface area contributed by atoms with Gasteiger partial charge in [-0.1, -0.05) is 23.9 Å². The summed E-state index contributed by atoms with van der Waals surface area (Å²) in [6, 6.07) is 11.5. The molecule has 0 atom stereocenters. The van der Waals surface area contributed by atoms with E-state index in [0.717, 1.165) is 17.1 Å². The molecule has 3 aromatic rings. The lowest BCUT2D eigenvalue weighted by atomic mass is 10.3. The number of hydrogen-bond donors (Lipinski definition) is 2. The molecule has 0 saturated heterocycles. The van der Waals surface area contributed by atoms with Gasteiger partial charge in [0.15, 0.2) is 0 Å². The van der Waals surface area contributed by atoms with E-state index in [1.54, 1.807) is 12.4 Å². The van der Waals surface area contributed by atoms with Crippen LogP contribution in [0.1, 0.15) is 18.3 Å². The Bertz CT molecular complexity index is 771. The van der Waals surface area contributed by atoms with Crippen LogP contribution in [0.4, 0.5) is 5.95 Å². The van der Waals surface area contributed by atoms with Crippen LogP contribution in [0.25, 0.3) is 0 Å². The maximum absolute atomic E-state index is 4.32. The Kier molecular flexibility index (Phi) is 4.95. The average molecular weight is 325 g/mol. The standard InChI is InChI=1S/C15H15N7S/c1-11(13-7-3-5-9-17-13)19-20-14-18-15(22-21-14)23-10-12-6-2-4-8-16-12/h2-9H,10H2,1H3,(H2,18,20,21,22)/b19-11+. The van der Waals surface area contributed by atoms with Crippen LogP contribution in [0, 0.1) is 0 Å². The first kappa shape index (κ1) is 15.2. The first-order valence-corrected chi connectivity index (χ1v) is 7.96.